The number of esters is 1. The Labute approximate surface area is 273 Å². The van der Waals surface area contributed by atoms with Crippen molar-refractivity contribution in [2.75, 3.05) is 6.61 Å². The number of aromatic nitrogens is 4. The van der Waals surface area contributed by atoms with E-state index >= 15 is 0 Å². The van der Waals surface area contributed by atoms with Crippen LogP contribution in [0.2, 0.25) is 0 Å². The van der Waals surface area contributed by atoms with E-state index in [0.717, 1.165) is 11.1 Å². The smallest absolute Gasteiger partial charge is 0.344 e. The van der Waals surface area contributed by atoms with E-state index in [-0.39, 0.29) is 36.8 Å². The second-order valence-electron chi connectivity index (χ2n) is 11.2. The highest BCUT2D eigenvalue weighted by molar-refractivity contribution is 5.91. The largest absolute Gasteiger partial charge is 0.487 e. The van der Waals surface area contributed by atoms with Crippen molar-refractivity contribution in [3.05, 3.63) is 137 Å². The Bertz CT molecular complexity index is 1780. The fourth-order valence-electron chi connectivity index (χ4n) is 4.39. The fourth-order valence-corrected chi connectivity index (χ4v) is 4.39. The van der Waals surface area contributed by atoms with E-state index < -0.39 is 23.6 Å². The molecule has 0 bridgehead atoms. The van der Waals surface area contributed by atoms with E-state index in [0.29, 0.717) is 17.0 Å². The molecular weight excluding hydrogens is 600 g/mol. The summed E-state index contributed by atoms with van der Waals surface area (Å²) in [5.74, 6) is -0.454. The first kappa shape index (κ1) is 34.6. The van der Waals surface area contributed by atoms with Gasteiger partial charge in [-0.05, 0) is 57.0 Å². The van der Waals surface area contributed by atoms with E-state index in [9.17, 15) is 14.7 Å². The molecule has 11 heteroatoms. The summed E-state index contributed by atoms with van der Waals surface area (Å²) in [5.41, 5.74) is 0.956. The summed E-state index contributed by atoms with van der Waals surface area (Å²) in [4.78, 5) is 40.3. The van der Waals surface area contributed by atoms with Crippen LogP contribution < -0.4 is 10.3 Å². The molecule has 0 amide bonds. The maximum Gasteiger partial charge on any atom is 0.344 e. The highest BCUT2D eigenvalue weighted by Crippen LogP contribution is 2.33. The zero-order valence-electron chi connectivity index (χ0n) is 26.8. The lowest BCUT2D eigenvalue weighted by atomic mass is 10.0. The molecule has 47 heavy (non-hydrogen) atoms. The molecule has 244 valence electrons. The molecule has 0 fully saturated rings. The Balaban J connectivity index is 1.84. The Morgan fingerprint density at radius 1 is 1.06 bits per heavy atom. The summed E-state index contributed by atoms with van der Waals surface area (Å²) < 4.78 is 24.3. The molecule has 0 spiro atoms. The molecule has 4 aromatic rings. The van der Waals surface area contributed by atoms with Gasteiger partial charge in [-0.25, -0.2) is 14.8 Å². The number of aliphatic hydroxyl groups is 1. The lowest BCUT2D eigenvalue weighted by molar-refractivity contribution is -0.264. The number of carbonyl (C=O) groups is 1. The molecule has 0 radical (unpaired) electrons. The maximum atomic E-state index is 14.1. The number of nitrogens with zero attached hydrogens (tertiary/aromatic N) is 4. The molecule has 4 rings (SSSR count). The molecule has 1 unspecified atom stereocenters. The monoisotopic (exact) mass is 638 g/mol. The van der Waals surface area contributed by atoms with E-state index in [2.05, 4.69) is 21.5 Å². The second-order valence-corrected chi connectivity index (χ2v) is 11.2. The summed E-state index contributed by atoms with van der Waals surface area (Å²) in [6, 6.07) is 14.4. The van der Waals surface area contributed by atoms with Crippen molar-refractivity contribution in [1.82, 2.24) is 19.5 Å². The third-order valence-corrected chi connectivity index (χ3v) is 6.56. The highest BCUT2D eigenvalue weighted by Gasteiger charge is 2.27. The number of pyridine rings is 2. The van der Waals surface area contributed by atoms with E-state index in [1.807, 2.05) is 43.3 Å². The van der Waals surface area contributed by atoms with E-state index in [1.54, 1.807) is 57.3 Å². The van der Waals surface area contributed by atoms with Gasteiger partial charge in [-0.15, -0.1) is 0 Å². The topological polar surface area (TPSA) is 135 Å². The summed E-state index contributed by atoms with van der Waals surface area (Å²) >= 11 is 0. The number of aliphatic hydroxyl groups excluding tert-OH is 1. The van der Waals surface area contributed by atoms with Crippen LogP contribution in [-0.2, 0) is 27.4 Å². The zero-order valence-corrected chi connectivity index (χ0v) is 26.8. The van der Waals surface area contributed by atoms with Gasteiger partial charge in [0.1, 0.15) is 35.5 Å². The van der Waals surface area contributed by atoms with Crippen molar-refractivity contribution in [3.8, 4) is 22.7 Å². The van der Waals surface area contributed by atoms with Gasteiger partial charge in [-0.2, -0.15) is 0 Å². The minimum Gasteiger partial charge on any atom is -0.487 e. The Kier molecular flexibility index (Phi) is 12.1. The van der Waals surface area contributed by atoms with Gasteiger partial charge in [0.2, 0.25) is 0 Å². The average molecular weight is 639 g/mol. The van der Waals surface area contributed by atoms with Crippen LogP contribution in [0.5, 0.6) is 5.75 Å². The SMILES string of the molecule is C=C/C=C\C(=C/C)COC(O)OCc1c(-c2ncccc2OCc2ccccc2)cc(C(=O)OC(C)(C)C)c(=O)n1-c1cncnc1. The summed E-state index contributed by atoms with van der Waals surface area (Å²) in [5, 5.41) is 10.7. The molecule has 0 aliphatic carbocycles. The van der Waals surface area contributed by atoms with Crippen molar-refractivity contribution in [1.29, 1.82) is 0 Å². The molecule has 0 saturated carbocycles. The quantitative estimate of drug-likeness (QED) is 0.104. The van der Waals surface area contributed by atoms with E-state index in [1.165, 1.54) is 29.4 Å². The Morgan fingerprint density at radius 2 is 1.81 bits per heavy atom. The molecule has 3 heterocycles. The Morgan fingerprint density at radius 3 is 2.49 bits per heavy atom. The lowest BCUT2D eigenvalue weighted by Crippen LogP contribution is -2.33. The van der Waals surface area contributed by atoms with Crippen LogP contribution in [0, 0.1) is 0 Å². The maximum absolute atomic E-state index is 14.1. The number of rotatable bonds is 14. The molecule has 3 aromatic heterocycles. The van der Waals surface area contributed by atoms with Gasteiger partial charge in [0.15, 0.2) is 0 Å². The summed E-state index contributed by atoms with van der Waals surface area (Å²) in [7, 11) is 0. The van der Waals surface area contributed by atoms with Crippen molar-refractivity contribution in [3.63, 3.8) is 0 Å². The third-order valence-electron chi connectivity index (χ3n) is 6.56. The van der Waals surface area contributed by atoms with Gasteiger partial charge in [0.25, 0.3) is 12.0 Å². The number of hydrogen-bond acceptors (Lipinski definition) is 10. The standard InChI is InChI=1S/C36H38N4O7/c1-6-8-13-25(7-2)21-45-35(43)46-23-30-28(32-31(16-12-17-39-32)44-22-26-14-10-9-11-15-26)18-29(34(42)47-36(3,4)5)33(41)40(30)27-19-37-24-38-20-27/h6-20,24,35,43H,1,21-23H2,2-5H3/b13-8-,25-7+. The van der Waals surface area contributed by atoms with Gasteiger partial charge < -0.3 is 24.1 Å². The normalized spacial score (nSPS) is 12.6. The molecule has 1 N–H and O–H groups in total. The number of carbonyl (C=O) groups excluding carboxylic acids is 1. The van der Waals surface area contributed by atoms with Crippen LogP contribution in [-0.4, -0.2) is 49.3 Å². The first-order chi connectivity index (χ1) is 22.6. The van der Waals surface area contributed by atoms with Gasteiger partial charge in [0.05, 0.1) is 37.0 Å². The minimum absolute atomic E-state index is 0.0451. The van der Waals surface area contributed by atoms with Crippen LogP contribution in [0.4, 0.5) is 0 Å². The number of benzene rings is 1. The molecule has 0 aliphatic heterocycles. The molecule has 1 aromatic carbocycles. The number of hydrogen-bond donors (Lipinski definition) is 1. The van der Waals surface area contributed by atoms with Crippen molar-refractivity contribution in [2.45, 2.75) is 53.0 Å². The third kappa shape index (κ3) is 9.63. The van der Waals surface area contributed by atoms with Gasteiger partial charge in [-0.1, -0.05) is 61.2 Å². The summed E-state index contributed by atoms with van der Waals surface area (Å²) in [6.07, 6.45) is 12.7. The van der Waals surface area contributed by atoms with Crippen LogP contribution in [0.1, 0.15) is 49.3 Å². The van der Waals surface area contributed by atoms with Crippen molar-refractivity contribution < 1.29 is 28.8 Å². The Hall–Kier alpha value is -5.23. The van der Waals surface area contributed by atoms with Crippen LogP contribution in [0.25, 0.3) is 16.9 Å². The zero-order chi connectivity index (χ0) is 33.8. The molecule has 1 atom stereocenters. The van der Waals surface area contributed by atoms with Crippen molar-refractivity contribution in [2.24, 2.45) is 0 Å². The van der Waals surface area contributed by atoms with Gasteiger partial charge in [0, 0.05) is 11.8 Å². The first-order valence-electron chi connectivity index (χ1n) is 14.9. The van der Waals surface area contributed by atoms with Crippen LogP contribution in [0.15, 0.2) is 115 Å². The van der Waals surface area contributed by atoms with Crippen LogP contribution >= 0.6 is 0 Å². The number of ether oxygens (including phenoxy) is 4. The number of allylic oxidation sites excluding steroid dienone is 3. The van der Waals surface area contributed by atoms with E-state index in [4.69, 9.17) is 18.9 Å². The van der Waals surface area contributed by atoms with Crippen molar-refractivity contribution >= 4 is 5.97 Å². The first-order valence-corrected chi connectivity index (χ1v) is 14.9. The second kappa shape index (κ2) is 16.4. The molecular formula is C36H38N4O7. The summed E-state index contributed by atoms with van der Waals surface area (Å²) in [6.45, 7) is 8.87. The van der Waals surface area contributed by atoms with Gasteiger partial charge >= 0.3 is 5.97 Å². The molecule has 0 saturated heterocycles. The molecule has 11 nitrogen and oxygen atoms in total. The van der Waals surface area contributed by atoms with Gasteiger partial charge in [-0.3, -0.25) is 14.3 Å². The lowest BCUT2D eigenvalue weighted by Gasteiger charge is -2.23. The minimum atomic E-state index is -1.67. The fraction of sp³-hybridized carbons (Fsp3) is 0.250. The highest BCUT2D eigenvalue weighted by atomic mass is 16.8. The van der Waals surface area contributed by atoms with Crippen LogP contribution in [0.3, 0.4) is 0 Å². The predicted molar refractivity (Wildman–Crippen MR) is 177 cm³/mol. The molecule has 0 aliphatic rings. The average Bonchev–Trinajstić information content (AvgIpc) is 3.06. The predicted octanol–water partition coefficient (Wildman–Crippen LogP) is 5.72.